The van der Waals surface area contributed by atoms with Crippen LogP contribution in [0.3, 0.4) is 0 Å². The van der Waals surface area contributed by atoms with Gasteiger partial charge in [0, 0.05) is 16.8 Å². The van der Waals surface area contributed by atoms with E-state index in [0.717, 1.165) is 15.5 Å². The van der Waals surface area contributed by atoms with Gasteiger partial charge in [-0.25, -0.2) is 0 Å². The number of carbonyl (C=O) groups excluding carboxylic acids is 2. The number of likely N-dealkylation sites (N-methyl/N-ethyl adjacent to an activating group) is 1. The molecule has 1 heterocycles. The van der Waals surface area contributed by atoms with Crippen molar-refractivity contribution in [2.75, 3.05) is 25.2 Å². The van der Waals surface area contributed by atoms with Gasteiger partial charge in [0.25, 0.3) is 0 Å². The van der Waals surface area contributed by atoms with Crippen molar-refractivity contribution in [3.05, 3.63) is 46.7 Å². The molecule has 0 atom stereocenters. The van der Waals surface area contributed by atoms with Gasteiger partial charge in [0.05, 0.1) is 18.7 Å². The second-order valence-electron chi connectivity index (χ2n) is 4.75. The number of rotatable bonds is 6. The molecule has 6 heteroatoms. The number of anilines is 1. The van der Waals surface area contributed by atoms with E-state index in [2.05, 4.69) is 5.32 Å². The van der Waals surface area contributed by atoms with E-state index in [1.165, 1.54) is 4.90 Å². The summed E-state index contributed by atoms with van der Waals surface area (Å²) in [4.78, 5) is 27.6. The highest BCUT2D eigenvalue weighted by molar-refractivity contribution is 7.98. The van der Waals surface area contributed by atoms with Gasteiger partial charge in [0.15, 0.2) is 0 Å². The highest BCUT2D eigenvalue weighted by Gasteiger charge is 2.14. The third kappa shape index (κ3) is 4.61. The summed E-state index contributed by atoms with van der Waals surface area (Å²) in [5, 5.41) is 4.79. The smallest absolute Gasteiger partial charge is 0.244 e. The van der Waals surface area contributed by atoms with E-state index in [1.54, 1.807) is 30.1 Å². The lowest BCUT2D eigenvalue weighted by Gasteiger charge is -2.17. The van der Waals surface area contributed by atoms with Crippen molar-refractivity contribution in [1.29, 1.82) is 0 Å². The fourth-order valence-electron chi connectivity index (χ4n) is 1.94. The van der Waals surface area contributed by atoms with Crippen LogP contribution in [0.2, 0.25) is 0 Å². The van der Waals surface area contributed by atoms with Crippen molar-refractivity contribution in [1.82, 2.24) is 4.90 Å². The van der Waals surface area contributed by atoms with Crippen LogP contribution < -0.4 is 5.32 Å². The van der Waals surface area contributed by atoms with Crippen LogP contribution in [0.4, 0.5) is 5.69 Å². The number of benzene rings is 1. The summed E-state index contributed by atoms with van der Waals surface area (Å²) in [5.74, 6) is -0.251. The van der Waals surface area contributed by atoms with E-state index in [9.17, 15) is 9.59 Å². The summed E-state index contributed by atoms with van der Waals surface area (Å²) in [6.07, 6.45) is 2.30. The van der Waals surface area contributed by atoms with Gasteiger partial charge in [-0.2, -0.15) is 0 Å². The normalized spacial score (nSPS) is 10.3. The van der Waals surface area contributed by atoms with Crippen LogP contribution in [0.1, 0.15) is 4.88 Å². The molecule has 0 aliphatic rings. The third-order valence-electron chi connectivity index (χ3n) is 3.09. The summed E-state index contributed by atoms with van der Waals surface area (Å²) in [6, 6.07) is 11.5. The number of nitrogens with one attached hydrogen (secondary N) is 1. The Kier molecular flexibility index (Phi) is 6.03. The summed E-state index contributed by atoms with van der Waals surface area (Å²) < 4.78 is 0. The van der Waals surface area contributed by atoms with Crippen LogP contribution in [0.25, 0.3) is 0 Å². The van der Waals surface area contributed by atoms with Crippen LogP contribution in [0.15, 0.2) is 46.7 Å². The minimum absolute atomic E-state index is 0.0485. The largest absolute Gasteiger partial charge is 0.336 e. The number of thiophene rings is 1. The highest BCUT2D eigenvalue weighted by atomic mass is 32.2. The molecule has 1 N–H and O–H groups in total. The average Bonchev–Trinajstić information content (AvgIpc) is 3.00. The summed E-state index contributed by atoms with van der Waals surface area (Å²) >= 11 is 3.12. The Bertz CT molecular complexity index is 641. The predicted molar refractivity (Wildman–Crippen MR) is 92.5 cm³/mol. The lowest BCUT2D eigenvalue weighted by molar-refractivity contribution is -0.132. The highest BCUT2D eigenvalue weighted by Crippen LogP contribution is 2.24. The molecule has 0 saturated carbocycles. The molecule has 1 aromatic carbocycles. The number of hydrogen-bond acceptors (Lipinski definition) is 4. The van der Waals surface area contributed by atoms with E-state index in [4.69, 9.17) is 0 Å². The first-order chi connectivity index (χ1) is 10.6. The van der Waals surface area contributed by atoms with E-state index in [0.29, 0.717) is 6.42 Å². The van der Waals surface area contributed by atoms with Crippen molar-refractivity contribution >= 4 is 40.6 Å². The Hall–Kier alpha value is -1.79. The number of para-hydroxylation sites is 1. The van der Waals surface area contributed by atoms with E-state index in [1.807, 2.05) is 48.0 Å². The second-order valence-corrected chi connectivity index (χ2v) is 6.63. The number of nitrogens with zero attached hydrogens (tertiary/aromatic N) is 1. The number of amides is 2. The Morgan fingerprint density at radius 3 is 2.68 bits per heavy atom. The molecular formula is C16H18N2O2S2. The Morgan fingerprint density at radius 2 is 2.00 bits per heavy atom. The van der Waals surface area contributed by atoms with Gasteiger partial charge in [0.2, 0.25) is 11.8 Å². The maximum atomic E-state index is 12.1. The molecule has 0 bridgehead atoms. The van der Waals surface area contributed by atoms with Gasteiger partial charge in [-0.1, -0.05) is 18.2 Å². The summed E-state index contributed by atoms with van der Waals surface area (Å²) in [5.41, 5.74) is 0.777. The molecule has 1 aromatic heterocycles. The molecule has 0 aliphatic heterocycles. The van der Waals surface area contributed by atoms with E-state index < -0.39 is 0 Å². The van der Waals surface area contributed by atoms with Gasteiger partial charge in [-0.15, -0.1) is 23.1 Å². The molecule has 2 rings (SSSR count). The predicted octanol–water partition coefficient (Wildman–Crippen LogP) is 3.11. The zero-order chi connectivity index (χ0) is 15.9. The average molecular weight is 334 g/mol. The van der Waals surface area contributed by atoms with Crippen LogP contribution >= 0.6 is 23.1 Å². The lowest BCUT2D eigenvalue weighted by Crippen LogP contribution is -2.35. The molecule has 0 aliphatic carbocycles. The minimum atomic E-state index is -0.191. The molecule has 116 valence electrons. The van der Waals surface area contributed by atoms with E-state index >= 15 is 0 Å². The monoisotopic (exact) mass is 334 g/mol. The molecule has 0 saturated heterocycles. The first-order valence-corrected chi connectivity index (χ1v) is 8.90. The SMILES string of the molecule is CSc1ccccc1NC(=O)CN(C)C(=O)Cc1cccs1. The number of carbonyl (C=O) groups is 2. The summed E-state index contributed by atoms with van der Waals surface area (Å²) in [6.45, 7) is 0.0485. The second kappa shape index (κ2) is 8.00. The molecule has 22 heavy (non-hydrogen) atoms. The molecule has 2 aromatic rings. The number of hydrogen-bond donors (Lipinski definition) is 1. The van der Waals surface area contributed by atoms with Gasteiger partial charge in [-0.05, 0) is 29.8 Å². The molecule has 0 radical (unpaired) electrons. The van der Waals surface area contributed by atoms with Crippen molar-refractivity contribution < 1.29 is 9.59 Å². The molecule has 2 amide bonds. The van der Waals surface area contributed by atoms with Crippen LogP contribution in [0.5, 0.6) is 0 Å². The first kappa shape index (κ1) is 16.6. The Labute approximate surface area is 138 Å². The molecule has 0 fully saturated rings. The Morgan fingerprint density at radius 1 is 1.23 bits per heavy atom. The van der Waals surface area contributed by atoms with Gasteiger partial charge >= 0.3 is 0 Å². The molecule has 4 nitrogen and oxygen atoms in total. The van der Waals surface area contributed by atoms with Crippen molar-refractivity contribution in [2.24, 2.45) is 0 Å². The Balaban J connectivity index is 1.89. The van der Waals surface area contributed by atoms with Gasteiger partial charge in [0.1, 0.15) is 0 Å². The van der Waals surface area contributed by atoms with Crippen molar-refractivity contribution in [3.8, 4) is 0 Å². The fourth-order valence-corrected chi connectivity index (χ4v) is 3.19. The lowest BCUT2D eigenvalue weighted by atomic mass is 10.3. The van der Waals surface area contributed by atoms with Gasteiger partial charge < -0.3 is 10.2 Å². The van der Waals surface area contributed by atoms with Crippen LogP contribution in [-0.4, -0.2) is 36.6 Å². The van der Waals surface area contributed by atoms with E-state index in [-0.39, 0.29) is 18.4 Å². The molecule has 0 spiro atoms. The summed E-state index contributed by atoms with van der Waals surface area (Å²) in [7, 11) is 1.65. The van der Waals surface area contributed by atoms with Crippen LogP contribution in [-0.2, 0) is 16.0 Å². The first-order valence-electron chi connectivity index (χ1n) is 6.79. The quantitative estimate of drug-likeness (QED) is 0.826. The van der Waals surface area contributed by atoms with Crippen molar-refractivity contribution in [2.45, 2.75) is 11.3 Å². The third-order valence-corrected chi connectivity index (χ3v) is 4.77. The zero-order valence-corrected chi connectivity index (χ0v) is 14.2. The van der Waals surface area contributed by atoms with Gasteiger partial charge in [-0.3, -0.25) is 9.59 Å². The minimum Gasteiger partial charge on any atom is -0.336 e. The van der Waals surface area contributed by atoms with Crippen molar-refractivity contribution in [3.63, 3.8) is 0 Å². The maximum absolute atomic E-state index is 12.1. The standard InChI is InChI=1S/C16H18N2O2S2/c1-18(16(20)10-12-6-5-9-22-12)11-15(19)17-13-7-3-4-8-14(13)21-2/h3-9H,10-11H2,1-2H3,(H,17,19). The maximum Gasteiger partial charge on any atom is 0.244 e. The molecular weight excluding hydrogens is 316 g/mol. The zero-order valence-electron chi connectivity index (χ0n) is 12.5. The fraction of sp³-hybridized carbons (Fsp3) is 0.250. The topological polar surface area (TPSA) is 49.4 Å². The number of thioether (sulfide) groups is 1. The van der Waals surface area contributed by atoms with Crippen LogP contribution in [0, 0.1) is 0 Å². The molecule has 0 unspecified atom stereocenters.